The van der Waals surface area contributed by atoms with Gasteiger partial charge in [-0.25, -0.2) is 9.38 Å². The zero-order valence-electron chi connectivity index (χ0n) is 19.3. The predicted molar refractivity (Wildman–Crippen MR) is 133 cm³/mol. The average molecular weight is 456 g/mol. The largest absolute Gasteiger partial charge is 0.351 e. The summed E-state index contributed by atoms with van der Waals surface area (Å²) in [6.45, 7) is 13.9. The number of halogens is 2. The van der Waals surface area contributed by atoms with E-state index in [2.05, 4.69) is 17.2 Å². The van der Waals surface area contributed by atoms with Crippen LogP contribution in [0.1, 0.15) is 57.0 Å². The number of amides is 1. The number of nitrogens with zero attached hydrogens (tertiary/aromatic N) is 1. The summed E-state index contributed by atoms with van der Waals surface area (Å²) in [7, 11) is 0. The van der Waals surface area contributed by atoms with Crippen LogP contribution in [0.25, 0.3) is 5.57 Å². The molecule has 1 atom stereocenters. The van der Waals surface area contributed by atoms with E-state index in [1.54, 1.807) is 0 Å². The van der Waals surface area contributed by atoms with Gasteiger partial charge < -0.3 is 5.32 Å². The first-order valence-corrected chi connectivity index (χ1v) is 10.9. The van der Waals surface area contributed by atoms with E-state index in [0.29, 0.717) is 23.0 Å². The number of allylic oxidation sites excluding steroid dienone is 2. The van der Waals surface area contributed by atoms with Crippen molar-refractivity contribution in [3.8, 4) is 0 Å². The summed E-state index contributed by atoms with van der Waals surface area (Å²) in [6, 6.07) is 12.9. The number of hydrogen-bond acceptors (Lipinski definition) is 2. The lowest BCUT2D eigenvalue weighted by Crippen LogP contribution is -2.49. The third kappa shape index (κ3) is 7.97. The lowest BCUT2D eigenvalue weighted by atomic mass is 9.95. The minimum Gasteiger partial charge on any atom is -0.351 e. The number of carbonyl (C=O) groups excluding carboxylic acids is 1. The third-order valence-corrected chi connectivity index (χ3v) is 4.91. The first-order valence-electron chi connectivity index (χ1n) is 10.5. The lowest BCUT2D eigenvalue weighted by molar-refractivity contribution is 0.0975. The van der Waals surface area contributed by atoms with E-state index in [9.17, 15) is 9.18 Å². The van der Waals surface area contributed by atoms with Crippen LogP contribution in [0.15, 0.2) is 71.8 Å². The van der Waals surface area contributed by atoms with Gasteiger partial charge in [0.05, 0.1) is 6.04 Å². The van der Waals surface area contributed by atoms with Crippen LogP contribution in [0, 0.1) is 5.82 Å². The highest BCUT2D eigenvalue weighted by atomic mass is 35.5. The maximum absolute atomic E-state index is 13.2. The summed E-state index contributed by atoms with van der Waals surface area (Å²) >= 11 is 6.05. The van der Waals surface area contributed by atoms with Crippen molar-refractivity contribution in [2.24, 2.45) is 4.99 Å². The molecule has 32 heavy (non-hydrogen) atoms. The zero-order valence-corrected chi connectivity index (χ0v) is 20.1. The molecule has 4 nitrogen and oxygen atoms in total. The molecule has 0 aliphatic carbocycles. The van der Waals surface area contributed by atoms with Gasteiger partial charge in [-0.2, -0.15) is 0 Å². The number of rotatable bonds is 6. The second-order valence-electron chi connectivity index (χ2n) is 8.74. The Morgan fingerprint density at radius 3 is 2.22 bits per heavy atom. The van der Waals surface area contributed by atoms with Gasteiger partial charge in [-0.1, -0.05) is 36.4 Å². The van der Waals surface area contributed by atoms with Crippen molar-refractivity contribution >= 4 is 29.0 Å². The van der Waals surface area contributed by atoms with Gasteiger partial charge in [-0.15, -0.1) is 0 Å². The lowest BCUT2D eigenvalue weighted by Gasteiger charge is -2.25. The quantitative estimate of drug-likeness (QED) is 0.301. The second-order valence-corrected chi connectivity index (χ2v) is 9.18. The highest BCUT2D eigenvalue weighted by Crippen LogP contribution is 2.26. The van der Waals surface area contributed by atoms with Gasteiger partial charge in [-0.05, 0) is 94.1 Å². The van der Waals surface area contributed by atoms with Crippen molar-refractivity contribution in [3.63, 3.8) is 0 Å². The van der Waals surface area contributed by atoms with Crippen LogP contribution >= 0.6 is 11.6 Å². The van der Waals surface area contributed by atoms with Crippen molar-refractivity contribution in [2.45, 2.75) is 52.6 Å². The molecule has 0 radical (unpaired) electrons. The molecule has 0 aliphatic rings. The van der Waals surface area contributed by atoms with Crippen LogP contribution < -0.4 is 10.6 Å². The van der Waals surface area contributed by atoms with Crippen LogP contribution in [0.5, 0.6) is 0 Å². The molecule has 2 N–H and O–H groups in total. The van der Waals surface area contributed by atoms with Gasteiger partial charge in [0.25, 0.3) is 5.91 Å². The monoisotopic (exact) mass is 455 g/mol. The van der Waals surface area contributed by atoms with Gasteiger partial charge in [0, 0.05) is 16.1 Å². The van der Waals surface area contributed by atoms with E-state index in [0.717, 1.165) is 16.7 Å². The summed E-state index contributed by atoms with van der Waals surface area (Å²) < 4.78 is 13.2. The van der Waals surface area contributed by atoms with E-state index in [-0.39, 0.29) is 17.5 Å². The van der Waals surface area contributed by atoms with Crippen molar-refractivity contribution in [3.05, 3.63) is 88.7 Å². The molecular formula is C26H31ClFN3O. The van der Waals surface area contributed by atoms with Gasteiger partial charge in [0.1, 0.15) is 5.82 Å². The Bertz CT molecular complexity index is 1000. The molecule has 170 valence electrons. The molecule has 1 amide bonds. The zero-order chi connectivity index (χ0) is 23.9. The van der Waals surface area contributed by atoms with Crippen LogP contribution in [0.4, 0.5) is 4.39 Å². The molecule has 1 unspecified atom stereocenters. The van der Waals surface area contributed by atoms with E-state index in [1.807, 2.05) is 65.0 Å². The van der Waals surface area contributed by atoms with Crippen LogP contribution in [-0.4, -0.2) is 23.4 Å². The molecule has 0 heterocycles. The third-order valence-electron chi connectivity index (χ3n) is 4.66. The summed E-state index contributed by atoms with van der Waals surface area (Å²) in [5.41, 5.74) is 3.24. The van der Waals surface area contributed by atoms with Gasteiger partial charge in [-0.3, -0.25) is 10.1 Å². The van der Waals surface area contributed by atoms with Gasteiger partial charge in [0.2, 0.25) is 0 Å². The molecule has 2 aromatic carbocycles. The standard InChI is InChI=1S/C26H31ClFN3O/c1-7-17(2)23(19-8-12-21(27)13-9-19)16-18(3)29-25(31-26(4,5)6)30-24(32)20-10-14-22(28)15-11-20/h7-15,18H,1,16H2,2-6H3,(H2,29,30,31,32)/b23-17-. The molecule has 0 saturated heterocycles. The first kappa shape index (κ1) is 25.3. The van der Waals surface area contributed by atoms with Gasteiger partial charge in [0.15, 0.2) is 5.96 Å². The highest BCUT2D eigenvalue weighted by molar-refractivity contribution is 6.30. The summed E-state index contributed by atoms with van der Waals surface area (Å²) in [5.74, 6) is -0.384. The SMILES string of the molecule is C=C/C(C)=C(/CC(C)N=C(NC(=O)c1ccc(F)cc1)NC(C)(C)C)c1ccc(Cl)cc1. The molecule has 2 rings (SSSR count). The Hall–Kier alpha value is -2.92. The molecular weight excluding hydrogens is 425 g/mol. The fourth-order valence-corrected chi connectivity index (χ4v) is 3.20. The predicted octanol–water partition coefficient (Wildman–Crippen LogP) is 6.39. The number of benzene rings is 2. The minimum absolute atomic E-state index is 0.144. The molecule has 0 fully saturated rings. The number of guanidine groups is 1. The van der Waals surface area contributed by atoms with Crippen molar-refractivity contribution in [2.75, 3.05) is 0 Å². The van der Waals surface area contributed by atoms with E-state index < -0.39 is 5.82 Å². The maximum atomic E-state index is 13.2. The van der Waals surface area contributed by atoms with Crippen LogP contribution in [0.2, 0.25) is 5.02 Å². The number of aliphatic imine (C=N–C) groups is 1. The summed E-state index contributed by atoms with van der Waals surface area (Å²) in [4.78, 5) is 17.4. The fourth-order valence-electron chi connectivity index (χ4n) is 3.07. The van der Waals surface area contributed by atoms with Gasteiger partial charge >= 0.3 is 0 Å². The van der Waals surface area contributed by atoms with Crippen molar-refractivity contribution in [1.29, 1.82) is 0 Å². The number of nitrogens with one attached hydrogen (secondary N) is 2. The van der Waals surface area contributed by atoms with E-state index in [4.69, 9.17) is 16.6 Å². The van der Waals surface area contributed by atoms with Crippen LogP contribution in [-0.2, 0) is 0 Å². The first-order chi connectivity index (χ1) is 15.0. The van der Waals surface area contributed by atoms with E-state index >= 15 is 0 Å². The number of hydrogen-bond donors (Lipinski definition) is 2. The topological polar surface area (TPSA) is 53.5 Å². The molecule has 6 heteroatoms. The fraction of sp³-hybridized carbons (Fsp3) is 0.308. The van der Waals surface area contributed by atoms with Crippen LogP contribution in [0.3, 0.4) is 0 Å². The Kier molecular flexibility index (Phi) is 8.79. The molecule has 0 saturated carbocycles. The summed E-state index contributed by atoms with van der Waals surface area (Å²) in [5, 5.41) is 6.76. The smallest absolute Gasteiger partial charge is 0.257 e. The highest BCUT2D eigenvalue weighted by Gasteiger charge is 2.18. The molecule has 2 aromatic rings. The molecule has 0 aromatic heterocycles. The molecule has 0 bridgehead atoms. The Labute approximate surface area is 195 Å². The van der Waals surface area contributed by atoms with E-state index in [1.165, 1.54) is 24.3 Å². The Morgan fingerprint density at radius 1 is 1.12 bits per heavy atom. The maximum Gasteiger partial charge on any atom is 0.257 e. The second kappa shape index (κ2) is 11.1. The Morgan fingerprint density at radius 2 is 1.69 bits per heavy atom. The minimum atomic E-state index is -0.393. The average Bonchev–Trinajstić information content (AvgIpc) is 2.71. The number of carbonyl (C=O) groups is 1. The normalized spacial score (nSPS) is 13.8. The summed E-state index contributed by atoms with van der Waals surface area (Å²) in [6.07, 6.45) is 2.46. The van der Waals surface area contributed by atoms with Crippen molar-refractivity contribution in [1.82, 2.24) is 10.6 Å². The molecule has 0 aliphatic heterocycles. The molecule has 0 spiro atoms. The Balaban J connectivity index is 2.29. The van der Waals surface area contributed by atoms with Crippen molar-refractivity contribution < 1.29 is 9.18 Å².